The molecule has 1 aromatic rings. The minimum absolute atomic E-state index is 0.247. The first-order chi connectivity index (χ1) is 9.72. The van der Waals surface area contributed by atoms with Gasteiger partial charge in [0.05, 0.1) is 6.10 Å². The Bertz CT molecular complexity index is 330. The van der Waals surface area contributed by atoms with E-state index in [-0.39, 0.29) is 6.61 Å². The van der Waals surface area contributed by atoms with Crippen LogP contribution in [-0.2, 0) is 6.42 Å². The fourth-order valence-electron chi connectivity index (χ4n) is 2.23. The Morgan fingerprint density at radius 2 is 1.60 bits per heavy atom. The molecule has 20 heavy (non-hydrogen) atoms. The van der Waals surface area contributed by atoms with Gasteiger partial charge in [0.25, 0.3) is 0 Å². The summed E-state index contributed by atoms with van der Waals surface area (Å²) < 4.78 is 5.39. The lowest BCUT2D eigenvalue weighted by Gasteiger charge is -2.08. The average Bonchev–Trinajstić information content (AvgIpc) is 2.45. The molecule has 0 spiro atoms. The van der Waals surface area contributed by atoms with Gasteiger partial charge in [-0.15, -0.1) is 0 Å². The lowest BCUT2D eigenvalue weighted by molar-refractivity contribution is 0.142. The number of aliphatic hydroxyl groups excluding tert-OH is 1. The predicted octanol–water partition coefficient (Wildman–Crippen LogP) is 4.55. The second-order valence-electron chi connectivity index (χ2n) is 5.48. The van der Waals surface area contributed by atoms with Crippen molar-refractivity contribution in [2.45, 2.75) is 64.4 Å². The second kappa shape index (κ2) is 10.7. The van der Waals surface area contributed by atoms with Gasteiger partial charge < -0.3 is 9.84 Å². The Balaban J connectivity index is 2.12. The third-order valence-electron chi connectivity index (χ3n) is 3.43. The van der Waals surface area contributed by atoms with Gasteiger partial charge in [-0.3, -0.25) is 0 Å². The van der Waals surface area contributed by atoms with Crippen LogP contribution in [-0.4, -0.2) is 17.8 Å². The zero-order valence-corrected chi connectivity index (χ0v) is 12.8. The number of ether oxygens (including phenoxy) is 1. The second-order valence-corrected chi connectivity index (χ2v) is 5.48. The third-order valence-corrected chi connectivity index (χ3v) is 3.43. The first kappa shape index (κ1) is 17.0. The number of rotatable bonds is 11. The van der Waals surface area contributed by atoms with Crippen LogP contribution in [0.1, 0.15) is 57.4 Å². The zero-order valence-electron chi connectivity index (χ0n) is 12.8. The highest BCUT2D eigenvalue weighted by Crippen LogP contribution is 2.15. The highest BCUT2D eigenvalue weighted by molar-refractivity contribution is 5.27. The van der Waals surface area contributed by atoms with Crippen molar-refractivity contribution in [1.82, 2.24) is 0 Å². The van der Waals surface area contributed by atoms with Crippen LogP contribution in [0.15, 0.2) is 24.3 Å². The molecule has 0 aliphatic carbocycles. The van der Waals surface area contributed by atoms with Crippen LogP contribution in [0.3, 0.4) is 0 Å². The summed E-state index contributed by atoms with van der Waals surface area (Å²) in [5, 5.41) is 9.05. The minimum Gasteiger partial charge on any atom is -0.491 e. The van der Waals surface area contributed by atoms with Gasteiger partial charge in [0.1, 0.15) is 12.4 Å². The molecule has 0 heterocycles. The highest BCUT2D eigenvalue weighted by Gasteiger charge is 1.99. The normalized spacial score (nSPS) is 12.3. The lowest BCUT2D eigenvalue weighted by atomic mass is 10.0. The van der Waals surface area contributed by atoms with Gasteiger partial charge in [0.15, 0.2) is 0 Å². The molecular weight excluding hydrogens is 248 g/mol. The van der Waals surface area contributed by atoms with Crippen LogP contribution < -0.4 is 4.74 Å². The lowest BCUT2D eigenvalue weighted by Crippen LogP contribution is -2.13. The van der Waals surface area contributed by atoms with Crippen molar-refractivity contribution < 1.29 is 9.84 Å². The molecule has 1 atom stereocenters. The van der Waals surface area contributed by atoms with E-state index in [0.717, 1.165) is 12.2 Å². The van der Waals surface area contributed by atoms with E-state index < -0.39 is 6.10 Å². The topological polar surface area (TPSA) is 29.5 Å². The molecule has 0 saturated carbocycles. The quantitative estimate of drug-likeness (QED) is 0.601. The molecule has 1 unspecified atom stereocenters. The maximum Gasteiger partial charge on any atom is 0.119 e. The summed E-state index contributed by atoms with van der Waals surface area (Å²) in [7, 11) is 0. The van der Waals surface area contributed by atoms with Crippen molar-refractivity contribution in [3.8, 4) is 5.75 Å². The van der Waals surface area contributed by atoms with Crippen LogP contribution >= 0.6 is 0 Å². The van der Waals surface area contributed by atoms with E-state index in [0.29, 0.717) is 0 Å². The highest BCUT2D eigenvalue weighted by atomic mass is 16.5. The van der Waals surface area contributed by atoms with Gasteiger partial charge in [0, 0.05) is 0 Å². The number of unbranched alkanes of at least 4 members (excludes halogenated alkanes) is 6. The van der Waals surface area contributed by atoms with E-state index in [4.69, 9.17) is 9.84 Å². The summed E-state index contributed by atoms with van der Waals surface area (Å²) in [5.74, 6) is 0.802. The number of benzene rings is 1. The molecule has 0 saturated heterocycles. The van der Waals surface area contributed by atoms with Crippen LogP contribution in [0.2, 0.25) is 0 Å². The zero-order chi connectivity index (χ0) is 14.6. The Morgan fingerprint density at radius 1 is 1.00 bits per heavy atom. The molecule has 0 aromatic heterocycles. The molecule has 2 nitrogen and oxygen atoms in total. The number of hydrogen-bond acceptors (Lipinski definition) is 2. The van der Waals surface area contributed by atoms with Crippen molar-refractivity contribution in [1.29, 1.82) is 0 Å². The molecule has 113 valence electrons. The van der Waals surface area contributed by atoms with Crippen LogP contribution in [0.25, 0.3) is 0 Å². The molecular formula is C18H29O2. The number of aryl methyl sites for hydroxylation is 1. The first-order valence-electron chi connectivity index (χ1n) is 7.95. The fourth-order valence-corrected chi connectivity index (χ4v) is 2.23. The number of aliphatic hydroxyl groups is 1. The van der Waals surface area contributed by atoms with Crippen molar-refractivity contribution in [2.24, 2.45) is 0 Å². The molecule has 1 rings (SSSR count). The van der Waals surface area contributed by atoms with Crippen molar-refractivity contribution in [3.63, 3.8) is 0 Å². The fraction of sp³-hybridized carbons (Fsp3) is 0.611. The molecule has 0 aliphatic heterocycles. The Kier molecular flexibility index (Phi) is 9.14. The standard InChI is InChI=1S/C18H29O2/c1-3-4-5-6-7-8-9-10-17-11-13-18(14-12-17)20-15-16(2)19/h11-14,16,19H,2-10,15H2,1H3. The van der Waals surface area contributed by atoms with Crippen molar-refractivity contribution in [2.75, 3.05) is 6.61 Å². The summed E-state index contributed by atoms with van der Waals surface area (Å²) in [4.78, 5) is 0. The monoisotopic (exact) mass is 277 g/mol. The summed E-state index contributed by atoms with van der Waals surface area (Å²) in [6.45, 7) is 5.98. The number of hydrogen-bond donors (Lipinski definition) is 1. The van der Waals surface area contributed by atoms with Crippen molar-refractivity contribution in [3.05, 3.63) is 36.8 Å². The van der Waals surface area contributed by atoms with E-state index in [1.807, 2.05) is 12.1 Å². The summed E-state index contributed by atoms with van der Waals surface area (Å²) in [6, 6.07) is 8.17. The van der Waals surface area contributed by atoms with Gasteiger partial charge in [0.2, 0.25) is 0 Å². The molecule has 1 N–H and O–H groups in total. The van der Waals surface area contributed by atoms with Crippen LogP contribution in [0.4, 0.5) is 0 Å². The molecule has 1 aromatic carbocycles. The summed E-state index contributed by atoms with van der Waals surface area (Å²) in [5.41, 5.74) is 1.36. The van der Waals surface area contributed by atoms with Gasteiger partial charge in [-0.1, -0.05) is 57.6 Å². The maximum absolute atomic E-state index is 9.05. The molecule has 0 amide bonds. The molecule has 0 fully saturated rings. The van der Waals surface area contributed by atoms with Gasteiger partial charge in [-0.05, 0) is 37.5 Å². The van der Waals surface area contributed by atoms with Gasteiger partial charge in [-0.2, -0.15) is 0 Å². The summed E-state index contributed by atoms with van der Waals surface area (Å²) >= 11 is 0. The van der Waals surface area contributed by atoms with E-state index in [1.54, 1.807) is 0 Å². The maximum atomic E-state index is 9.05. The van der Waals surface area contributed by atoms with E-state index in [9.17, 15) is 0 Å². The molecule has 0 bridgehead atoms. The van der Waals surface area contributed by atoms with Crippen LogP contribution in [0.5, 0.6) is 5.75 Å². The first-order valence-corrected chi connectivity index (χ1v) is 7.95. The Morgan fingerprint density at radius 3 is 2.20 bits per heavy atom. The predicted molar refractivity (Wildman–Crippen MR) is 85.0 cm³/mol. The summed E-state index contributed by atoms with van der Waals surface area (Å²) in [6.07, 6.45) is 9.91. The third kappa shape index (κ3) is 8.21. The Hall–Kier alpha value is -1.02. The average molecular weight is 277 g/mol. The van der Waals surface area contributed by atoms with E-state index in [2.05, 4.69) is 26.0 Å². The molecule has 0 aliphatic rings. The van der Waals surface area contributed by atoms with Gasteiger partial charge in [-0.25, -0.2) is 0 Å². The SMILES string of the molecule is [CH2]C(O)COc1ccc(CCCCCCCCC)cc1. The molecule has 1 radical (unpaired) electrons. The van der Waals surface area contributed by atoms with Crippen molar-refractivity contribution >= 4 is 0 Å². The molecule has 2 heteroatoms. The van der Waals surface area contributed by atoms with Gasteiger partial charge >= 0.3 is 0 Å². The van der Waals surface area contributed by atoms with Crippen LogP contribution in [0, 0.1) is 6.92 Å². The Labute approximate surface area is 124 Å². The van der Waals surface area contributed by atoms with E-state index in [1.165, 1.54) is 50.5 Å². The largest absolute Gasteiger partial charge is 0.491 e. The minimum atomic E-state index is -0.664. The van der Waals surface area contributed by atoms with E-state index >= 15 is 0 Å². The smallest absolute Gasteiger partial charge is 0.119 e.